The van der Waals surface area contributed by atoms with Crippen LogP contribution in [0.5, 0.6) is 5.75 Å². The van der Waals surface area contributed by atoms with Crippen molar-refractivity contribution in [3.63, 3.8) is 0 Å². The maximum atomic E-state index is 13.3. The summed E-state index contributed by atoms with van der Waals surface area (Å²) in [5.41, 5.74) is 1.38. The van der Waals surface area contributed by atoms with Gasteiger partial charge in [0.2, 0.25) is 0 Å². The van der Waals surface area contributed by atoms with Gasteiger partial charge in [-0.15, -0.1) is 0 Å². The molecule has 12 heteroatoms. The second-order valence-electron chi connectivity index (χ2n) is 8.66. The molecule has 3 saturated heterocycles. The van der Waals surface area contributed by atoms with E-state index in [4.69, 9.17) is 19.4 Å². The molecule has 5 rings (SSSR count). The lowest BCUT2D eigenvalue weighted by molar-refractivity contribution is -0.192. The average molecular weight is 524 g/mol. The number of hydrogen-bond acceptors (Lipinski definition) is 7. The van der Waals surface area contributed by atoms with E-state index in [-0.39, 0.29) is 17.6 Å². The Kier molecular flexibility index (Phi) is 8.98. The summed E-state index contributed by atoms with van der Waals surface area (Å²) in [4.78, 5) is 35.8. The molecule has 0 radical (unpaired) electrons. The number of nitrogens with zero attached hydrogens (tertiary/aromatic N) is 1. The van der Waals surface area contributed by atoms with E-state index in [2.05, 4.69) is 10.2 Å². The number of methoxy groups -OCH3 is 1. The lowest BCUT2D eigenvalue weighted by Crippen LogP contribution is -2.52. The predicted octanol–water partition coefficient (Wildman–Crippen LogP) is 3.82. The first-order valence-electron chi connectivity index (χ1n) is 11.4. The van der Waals surface area contributed by atoms with Gasteiger partial charge < -0.3 is 25.0 Å². The number of nitrogens with one attached hydrogen (secondary N) is 1. The third-order valence-electron chi connectivity index (χ3n) is 6.19. The van der Waals surface area contributed by atoms with Gasteiger partial charge in [-0.2, -0.15) is 13.2 Å². The summed E-state index contributed by atoms with van der Waals surface area (Å²) in [5.74, 6) is -3.11. The van der Waals surface area contributed by atoms with Gasteiger partial charge in [-0.05, 0) is 67.7 Å². The Morgan fingerprint density at radius 3 is 2.24 bits per heavy atom. The molecular weight excluding hydrogens is 497 g/mol. The van der Waals surface area contributed by atoms with Crippen LogP contribution >= 0.6 is 0 Å². The van der Waals surface area contributed by atoms with Crippen LogP contribution in [0, 0.1) is 5.92 Å². The number of halogens is 3. The zero-order valence-corrected chi connectivity index (χ0v) is 19.9. The smallest absolute Gasteiger partial charge is 0.490 e. The van der Waals surface area contributed by atoms with Crippen LogP contribution < -0.4 is 10.1 Å². The fourth-order valence-corrected chi connectivity index (χ4v) is 4.27. The Bertz CT molecular complexity index is 1120. The Balaban J connectivity index is 0.000000479. The molecule has 0 spiro atoms. The number of aliphatic carboxylic acids is 1. The minimum absolute atomic E-state index is 0.111. The highest BCUT2D eigenvalue weighted by molar-refractivity contribution is 5.89. The van der Waals surface area contributed by atoms with E-state index in [1.807, 2.05) is 18.2 Å². The second kappa shape index (κ2) is 12.0. The standard InChI is InChI=1S/C23H26N2O5.C2HF3O2/c1-29-19-7-3-4-16(13-19)21(24-18-6-2-5-17(12-18)22(26)27)23(28)30-20-14-25-10-8-15(20)9-11-25;3-2(4,5)1(6)7/h2-7,12-13,15,20-21,24H,8-11,14H2,1H3,(H,26,27);(H,6,7)/t20-,21?;/m0./s1. The zero-order valence-electron chi connectivity index (χ0n) is 19.9. The Morgan fingerprint density at radius 2 is 1.70 bits per heavy atom. The van der Waals surface area contributed by atoms with Crippen LogP contribution in [0.25, 0.3) is 0 Å². The van der Waals surface area contributed by atoms with Crippen LogP contribution in [0.3, 0.4) is 0 Å². The first kappa shape index (κ1) is 27.8. The summed E-state index contributed by atoms with van der Waals surface area (Å²) in [5, 5.41) is 19.6. The lowest BCUT2D eigenvalue weighted by Gasteiger charge is -2.44. The van der Waals surface area contributed by atoms with E-state index in [0.717, 1.165) is 32.5 Å². The van der Waals surface area contributed by atoms with E-state index in [1.165, 1.54) is 12.1 Å². The van der Waals surface area contributed by atoms with Crippen molar-refractivity contribution >= 4 is 23.6 Å². The normalized spacial score (nSPS) is 21.1. The minimum atomic E-state index is -5.08. The van der Waals surface area contributed by atoms with Gasteiger partial charge in [0, 0.05) is 12.2 Å². The largest absolute Gasteiger partial charge is 0.497 e. The number of anilines is 1. The Labute approximate surface area is 210 Å². The number of alkyl halides is 3. The van der Waals surface area contributed by atoms with E-state index < -0.39 is 24.2 Å². The molecule has 37 heavy (non-hydrogen) atoms. The molecule has 3 fully saturated rings. The molecule has 3 aliphatic heterocycles. The molecule has 0 amide bonds. The summed E-state index contributed by atoms with van der Waals surface area (Å²) in [6, 6.07) is 12.9. The van der Waals surface area contributed by atoms with Gasteiger partial charge in [-0.3, -0.25) is 4.90 Å². The molecule has 0 aliphatic carbocycles. The molecule has 3 heterocycles. The molecule has 2 aromatic rings. The number of ether oxygens (including phenoxy) is 2. The number of aromatic carboxylic acids is 1. The number of fused-ring (bicyclic) bond motifs is 3. The van der Waals surface area contributed by atoms with Gasteiger partial charge in [-0.1, -0.05) is 18.2 Å². The Hall–Kier alpha value is -3.80. The molecule has 0 saturated carbocycles. The molecule has 0 aromatic heterocycles. The van der Waals surface area contributed by atoms with Crippen molar-refractivity contribution in [3.05, 3.63) is 59.7 Å². The third kappa shape index (κ3) is 7.59. The predicted molar refractivity (Wildman–Crippen MR) is 125 cm³/mol. The van der Waals surface area contributed by atoms with Crippen molar-refractivity contribution in [2.24, 2.45) is 5.92 Å². The number of rotatable bonds is 7. The topological polar surface area (TPSA) is 125 Å². The number of benzene rings is 2. The fraction of sp³-hybridized carbons (Fsp3) is 0.400. The summed E-state index contributed by atoms with van der Waals surface area (Å²) in [6.45, 7) is 2.91. The fourth-order valence-electron chi connectivity index (χ4n) is 4.27. The van der Waals surface area contributed by atoms with E-state index in [1.54, 1.807) is 25.3 Å². The molecule has 2 bridgehead atoms. The SMILES string of the molecule is COc1cccc(C(Nc2cccc(C(=O)O)c2)C(=O)O[C@H]2CN3CCC2CC3)c1.O=C(O)C(F)(F)F. The summed E-state index contributed by atoms with van der Waals surface area (Å²) in [6.07, 6.45) is -3.09. The van der Waals surface area contributed by atoms with Crippen LogP contribution in [0.2, 0.25) is 0 Å². The zero-order chi connectivity index (χ0) is 27.2. The van der Waals surface area contributed by atoms with Gasteiger partial charge in [0.15, 0.2) is 6.04 Å². The maximum Gasteiger partial charge on any atom is 0.490 e. The number of piperidine rings is 3. The molecular formula is C25H27F3N2O7. The summed E-state index contributed by atoms with van der Waals surface area (Å²) < 4.78 is 43.0. The van der Waals surface area contributed by atoms with E-state index in [0.29, 0.717) is 22.9 Å². The van der Waals surface area contributed by atoms with E-state index >= 15 is 0 Å². The first-order valence-corrected chi connectivity index (χ1v) is 11.4. The van der Waals surface area contributed by atoms with Crippen molar-refractivity contribution in [1.29, 1.82) is 0 Å². The second-order valence-corrected chi connectivity index (χ2v) is 8.66. The summed E-state index contributed by atoms with van der Waals surface area (Å²) in [7, 11) is 1.57. The number of carboxylic acid groups (broad SMARTS) is 2. The van der Waals surface area contributed by atoms with Gasteiger partial charge in [0.05, 0.1) is 12.7 Å². The lowest BCUT2D eigenvalue weighted by atomic mass is 9.86. The van der Waals surface area contributed by atoms with E-state index in [9.17, 15) is 27.9 Å². The van der Waals surface area contributed by atoms with Crippen LogP contribution in [0.4, 0.5) is 18.9 Å². The first-order chi connectivity index (χ1) is 17.5. The van der Waals surface area contributed by atoms with Crippen molar-refractivity contribution in [1.82, 2.24) is 4.90 Å². The van der Waals surface area contributed by atoms with Gasteiger partial charge in [0.1, 0.15) is 11.9 Å². The number of carboxylic acids is 2. The quantitative estimate of drug-likeness (QED) is 0.464. The van der Waals surface area contributed by atoms with Crippen molar-refractivity contribution < 1.29 is 47.2 Å². The monoisotopic (exact) mass is 524 g/mol. The third-order valence-corrected chi connectivity index (χ3v) is 6.19. The molecule has 3 aliphatic rings. The number of hydrogen-bond donors (Lipinski definition) is 3. The van der Waals surface area contributed by atoms with Crippen LogP contribution in [0.15, 0.2) is 48.5 Å². The average Bonchev–Trinajstić information content (AvgIpc) is 2.88. The highest BCUT2D eigenvalue weighted by atomic mass is 19.4. The maximum absolute atomic E-state index is 13.3. The van der Waals surface area contributed by atoms with Gasteiger partial charge >= 0.3 is 24.1 Å². The van der Waals surface area contributed by atoms with Crippen molar-refractivity contribution in [3.8, 4) is 5.75 Å². The minimum Gasteiger partial charge on any atom is -0.497 e. The highest BCUT2D eigenvalue weighted by Crippen LogP contribution is 2.32. The van der Waals surface area contributed by atoms with Crippen LogP contribution in [-0.2, 0) is 14.3 Å². The van der Waals surface area contributed by atoms with Crippen LogP contribution in [0.1, 0.15) is 34.8 Å². The molecule has 200 valence electrons. The van der Waals surface area contributed by atoms with Crippen LogP contribution in [-0.4, -0.2) is 72.0 Å². The Morgan fingerprint density at radius 1 is 1.05 bits per heavy atom. The van der Waals surface area contributed by atoms with Gasteiger partial charge in [-0.25, -0.2) is 14.4 Å². The summed E-state index contributed by atoms with van der Waals surface area (Å²) >= 11 is 0. The number of esters is 1. The molecule has 3 N–H and O–H groups in total. The molecule has 1 unspecified atom stereocenters. The molecule has 2 aromatic carbocycles. The number of carbonyl (C=O) groups excluding carboxylic acids is 1. The molecule has 2 atom stereocenters. The van der Waals surface area contributed by atoms with Crippen molar-refractivity contribution in [2.45, 2.75) is 31.2 Å². The molecule has 9 nitrogen and oxygen atoms in total. The van der Waals surface area contributed by atoms with Crippen molar-refractivity contribution in [2.75, 3.05) is 32.1 Å². The number of carbonyl (C=O) groups is 3. The highest BCUT2D eigenvalue weighted by Gasteiger charge is 2.39. The van der Waals surface area contributed by atoms with Gasteiger partial charge in [0.25, 0.3) is 0 Å².